The van der Waals surface area contributed by atoms with Crippen molar-refractivity contribution in [2.24, 2.45) is 0 Å². The van der Waals surface area contributed by atoms with Gasteiger partial charge in [-0.15, -0.1) is 0 Å². The minimum absolute atomic E-state index is 0.173. The summed E-state index contributed by atoms with van der Waals surface area (Å²) >= 11 is 3.34. The van der Waals surface area contributed by atoms with Gasteiger partial charge in [-0.2, -0.15) is 0 Å². The molecule has 0 aliphatic carbocycles. The second-order valence-electron chi connectivity index (χ2n) is 5.04. The van der Waals surface area contributed by atoms with Gasteiger partial charge in [0.15, 0.2) is 0 Å². The van der Waals surface area contributed by atoms with Gasteiger partial charge in [0.05, 0.1) is 11.1 Å². The molecule has 0 unspecified atom stereocenters. The minimum Gasteiger partial charge on any atom is -0.314 e. The van der Waals surface area contributed by atoms with Crippen molar-refractivity contribution in [3.63, 3.8) is 0 Å². The number of carbonyl (C=O) groups excluding carboxylic acids is 2. The lowest BCUT2D eigenvalue weighted by atomic mass is 10.1. The van der Waals surface area contributed by atoms with Crippen LogP contribution in [-0.2, 0) is 0 Å². The molecular formula is C14H16BrN3O2. The minimum atomic E-state index is -0.179. The van der Waals surface area contributed by atoms with E-state index < -0.39 is 0 Å². The third-order valence-corrected chi connectivity index (χ3v) is 4.28. The van der Waals surface area contributed by atoms with Crippen LogP contribution in [0, 0.1) is 0 Å². The topological polar surface area (TPSA) is 52.7 Å². The van der Waals surface area contributed by atoms with E-state index >= 15 is 0 Å². The van der Waals surface area contributed by atoms with Gasteiger partial charge in [0, 0.05) is 43.7 Å². The lowest BCUT2D eigenvalue weighted by Crippen LogP contribution is -2.47. The fourth-order valence-electron chi connectivity index (χ4n) is 2.64. The summed E-state index contributed by atoms with van der Waals surface area (Å²) in [6, 6.07) is 5.23. The largest absolute Gasteiger partial charge is 0.314 e. The molecule has 1 N–H and O–H groups in total. The lowest BCUT2D eigenvalue weighted by molar-refractivity contribution is 0.0633. The lowest BCUT2D eigenvalue weighted by Gasteiger charge is -2.28. The molecule has 2 amide bonds. The molecule has 0 aromatic heterocycles. The summed E-state index contributed by atoms with van der Waals surface area (Å²) in [5.41, 5.74) is 1.02. The molecule has 106 valence electrons. The van der Waals surface area contributed by atoms with Crippen molar-refractivity contribution in [3.8, 4) is 0 Å². The highest BCUT2D eigenvalue weighted by atomic mass is 79.9. The van der Waals surface area contributed by atoms with Crippen LogP contribution in [0.1, 0.15) is 20.7 Å². The maximum absolute atomic E-state index is 12.3. The number of piperazine rings is 1. The monoisotopic (exact) mass is 337 g/mol. The van der Waals surface area contributed by atoms with E-state index in [1.807, 2.05) is 0 Å². The van der Waals surface area contributed by atoms with Gasteiger partial charge in [0.2, 0.25) is 0 Å². The summed E-state index contributed by atoms with van der Waals surface area (Å²) < 4.78 is 0.821. The van der Waals surface area contributed by atoms with E-state index in [0.717, 1.165) is 37.2 Å². The quantitative estimate of drug-likeness (QED) is 0.834. The molecule has 3 rings (SSSR count). The molecule has 2 heterocycles. The first-order valence-electron chi connectivity index (χ1n) is 6.75. The number of imide groups is 1. The molecule has 20 heavy (non-hydrogen) atoms. The highest BCUT2D eigenvalue weighted by Gasteiger charge is 2.35. The van der Waals surface area contributed by atoms with Crippen LogP contribution in [0.25, 0.3) is 0 Å². The van der Waals surface area contributed by atoms with Gasteiger partial charge < -0.3 is 5.32 Å². The number of hydrogen-bond donors (Lipinski definition) is 1. The van der Waals surface area contributed by atoms with Gasteiger partial charge >= 0.3 is 0 Å². The first-order valence-corrected chi connectivity index (χ1v) is 7.55. The SMILES string of the molecule is O=C1c2ccc(Br)cc2C(=O)N1CCN1CCNCC1. The molecule has 1 aromatic rings. The summed E-state index contributed by atoms with van der Waals surface area (Å²) in [4.78, 5) is 28.2. The molecule has 0 radical (unpaired) electrons. The molecule has 1 aromatic carbocycles. The van der Waals surface area contributed by atoms with Crippen LogP contribution in [0.3, 0.4) is 0 Å². The molecule has 6 heteroatoms. The molecule has 0 spiro atoms. The Kier molecular flexibility index (Phi) is 3.87. The Morgan fingerprint density at radius 1 is 1.05 bits per heavy atom. The summed E-state index contributed by atoms with van der Waals surface area (Å²) in [6.07, 6.45) is 0. The van der Waals surface area contributed by atoms with E-state index in [2.05, 4.69) is 26.1 Å². The molecule has 0 bridgehead atoms. The Morgan fingerprint density at radius 2 is 1.75 bits per heavy atom. The standard InChI is InChI=1S/C14H16BrN3O2/c15-10-1-2-11-12(9-10)14(20)18(13(11)19)8-7-17-5-3-16-4-6-17/h1-2,9,16H,3-8H2. The van der Waals surface area contributed by atoms with Crippen molar-refractivity contribution < 1.29 is 9.59 Å². The fraction of sp³-hybridized carbons (Fsp3) is 0.429. The van der Waals surface area contributed by atoms with E-state index in [1.54, 1.807) is 18.2 Å². The van der Waals surface area contributed by atoms with Crippen molar-refractivity contribution >= 4 is 27.7 Å². The van der Waals surface area contributed by atoms with Crippen molar-refractivity contribution in [2.45, 2.75) is 0 Å². The van der Waals surface area contributed by atoms with E-state index in [0.29, 0.717) is 17.7 Å². The number of hydrogen-bond acceptors (Lipinski definition) is 4. The molecule has 2 aliphatic rings. The van der Waals surface area contributed by atoms with Crippen LogP contribution in [0.15, 0.2) is 22.7 Å². The molecule has 2 aliphatic heterocycles. The predicted octanol–water partition coefficient (Wildman–Crippen LogP) is 0.950. The van der Waals surface area contributed by atoms with Crippen LogP contribution in [0.2, 0.25) is 0 Å². The first-order chi connectivity index (χ1) is 9.66. The number of amides is 2. The zero-order valence-electron chi connectivity index (χ0n) is 11.1. The summed E-state index contributed by atoms with van der Waals surface area (Å²) in [7, 11) is 0. The zero-order valence-corrected chi connectivity index (χ0v) is 12.6. The number of nitrogens with zero attached hydrogens (tertiary/aromatic N) is 2. The summed E-state index contributed by atoms with van der Waals surface area (Å²) in [5, 5.41) is 3.29. The fourth-order valence-corrected chi connectivity index (χ4v) is 3.00. The highest BCUT2D eigenvalue weighted by Crippen LogP contribution is 2.25. The number of rotatable bonds is 3. The van der Waals surface area contributed by atoms with Gasteiger partial charge in [0.1, 0.15) is 0 Å². The summed E-state index contributed by atoms with van der Waals surface area (Å²) in [5.74, 6) is -0.353. The first kappa shape index (κ1) is 13.7. The van der Waals surface area contributed by atoms with E-state index in [-0.39, 0.29) is 11.8 Å². The molecule has 0 saturated carbocycles. The second-order valence-corrected chi connectivity index (χ2v) is 5.96. The van der Waals surface area contributed by atoms with Gasteiger partial charge in [-0.25, -0.2) is 0 Å². The number of fused-ring (bicyclic) bond motifs is 1. The second kappa shape index (κ2) is 5.63. The summed E-state index contributed by atoms with van der Waals surface area (Å²) in [6.45, 7) is 5.08. The van der Waals surface area contributed by atoms with E-state index in [4.69, 9.17) is 0 Å². The van der Waals surface area contributed by atoms with Crippen molar-refractivity contribution in [3.05, 3.63) is 33.8 Å². The van der Waals surface area contributed by atoms with Crippen LogP contribution in [0.4, 0.5) is 0 Å². The molecule has 1 saturated heterocycles. The van der Waals surface area contributed by atoms with Crippen molar-refractivity contribution in [1.82, 2.24) is 15.1 Å². The van der Waals surface area contributed by atoms with Gasteiger partial charge in [-0.1, -0.05) is 15.9 Å². The van der Waals surface area contributed by atoms with Crippen LogP contribution in [-0.4, -0.2) is 60.9 Å². The smallest absolute Gasteiger partial charge is 0.261 e. The normalized spacial score (nSPS) is 19.6. The number of nitrogens with one attached hydrogen (secondary N) is 1. The van der Waals surface area contributed by atoms with Gasteiger partial charge in [-0.3, -0.25) is 19.4 Å². The zero-order chi connectivity index (χ0) is 14.1. The maximum Gasteiger partial charge on any atom is 0.261 e. The molecule has 0 atom stereocenters. The van der Waals surface area contributed by atoms with Crippen LogP contribution >= 0.6 is 15.9 Å². The van der Waals surface area contributed by atoms with Crippen molar-refractivity contribution in [1.29, 1.82) is 0 Å². The van der Waals surface area contributed by atoms with Crippen LogP contribution in [0.5, 0.6) is 0 Å². The van der Waals surface area contributed by atoms with E-state index in [1.165, 1.54) is 4.90 Å². The third-order valence-electron chi connectivity index (χ3n) is 3.78. The Hall–Kier alpha value is -1.24. The highest BCUT2D eigenvalue weighted by molar-refractivity contribution is 9.10. The van der Waals surface area contributed by atoms with Crippen molar-refractivity contribution in [2.75, 3.05) is 39.3 Å². The van der Waals surface area contributed by atoms with Gasteiger partial charge in [-0.05, 0) is 18.2 Å². The molecule has 5 nitrogen and oxygen atoms in total. The van der Waals surface area contributed by atoms with Gasteiger partial charge in [0.25, 0.3) is 11.8 Å². The molecule has 1 fully saturated rings. The van der Waals surface area contributed by atoms with E-state index in [9.17, 15) is 9.59 Å². The third kappa shape index (κ3) is 2.51. The average Bonchev–Trinajstić information content (AvgIpc) is 2.70. The number of benzene rings is 1. The average molecular weight is 338 g/mol. The Morgan fingerprint density at radius 3 is 2.50 bits per heavy atom. The predicted molar refractivity (Wildman–Crippen MR) is 78.8 cm³/mol. The Balaban J connectivity index is 1.69. The Bertz CT molecular complexity index is 555. The maximum atomic E-state index is 12.3. The number of carbonyl (C=O) groups is 2. The Labute approximate surface area is 126 Å². The van der Waals surface area contributed by atoms with Crippen LogP contribution < -0.4 is 5.32 Å². The molecular weight excluding hydrogens is 322 g/mol. The number of halogens is 1.